The number of nitrogens with one attached hydrogen (secondary N) is 2. The molecule has 36 heavy (non-hydrogen) atoms. The highest BCUT2D eigenvalue weighted by atomic mass is 32.1. The maximum atomic E-state index is 6.34. The molecule has 0 bridgehead atoms. The number of benzene rings is 1. The number of nitrogens with zero attached hydrogens (tertiary/aromatic N) is 3. The molecule has 0 fully saturated rings. The zero-order chi connectivity index (χ0) is 26.1. The Kier molecular flexibility index (Phi) is 7.59. The predicted molar refractivity (Wildman–Crippen MR) is 156 cm³/mol. The number of rotatable bonds is 7. The summed E-state index contributed by atoms with van der Waals surface area (Å²) in [6, 6.07) is 8.46. The van der Waals surface area contributed by atoms with Gasteiger partial charge in [0.15, 0.2) is 8.32 Å². The van der Waals surface area contributed by atoms with E-state index in [9.17, 15) is 0 Å². The van der Waals surface area contributed by atoms with Crippen LogP contribution < -0.4 is 10.6 Å². The van der Waals surface area contributed by atoms with Crippen LogP contribution >= 0.6 is 12.2 Å². The van der Waals surface area contributed by atoms with E-state index in [-0.39, 0.29) is 5.04 Å². The molecular formula is C28H37N5OSSi. The Bertz CT molecular complexity index is 1290. The molecule has 3 heterocycles. The lowest BCUT2D eigenvalue weighted by atomic mass is 10.0. The molecule has 3 aromatic rings. The Balaban J connectivity index is 1.50. The lowest BCUT2D eigenvalue weighted by Gasteiger charge is -2.36. The molecule has 4 rings (SSSR count). The largest absolute Gasteiger partial charge is 0.417 e. The minimum Gasteiger partial charge on any atom is -0.417 e. The van der Waals surface area contributed by atoms with Crippen LogP contribution in [0.25, 0.3) is 11.3 Å². The molecule has 0 saturated heterocycles. The molecule has 6 nitrogen and oxygen atoms in total. The Morgan fingerprint density at radius 1 is 1.11 bits per heavy atom. The van der Waals surface area contributed by atoms with Crippen molar-refractivity contribution in [2.24, 2.45) is 0 Å². The van der Waals surface area contributed by atoms with Crippen LogP contribution in [0.15, 0.2) is 36.7 Å². The highest BCUT2D eigenvalue weighted by Gasteiger charge is 2.36. The van der Waals surface area contributed by atoms with Crippen molar-refractivity contribution in [2.75, 3.05) is 17.2 Å². The van der Waals surface area contributed by atoms with E-state index in [1.165, 1.54) is 11.1 Å². The SMILES string of the molecule is Cc1ccc2c(c1)NC(=S)Cc1cnc(Nc3cc(CCCO[Si](C)(C)C(C)(C)C)cnc3C)nc1-2. The standard InChI is InChI=1S/C28H37N5OSSi/c1-18-10-11-22-24(13-18)31-25(35)15-21-17-30-27(33-26(21)22)32-23-14-20(16-29-19(23)2)9-8-12-34-36(6,7)28(3,4)5/h10-11,13-14,16-17H,8-9,12,15H2,1-7H3,(H,31,35)(H,30,32,33). The number of hydrogen-bond acceptors (Lipinski definition) is 6. The van der Waals surface area contributed by atoms with E-state index in [0.717, 1.165) is 58.3 Å². The summed E-state index contributed by atoms with van der Waals surface area (Å²) < 4.78 is 6.34. The molecule has 0 spiro atoms. The first-order valence-electron chi connectivity index (χ1n) is 12.6. The zero-order valence-electron chi connectivity index (χ0n) is 22.5. The highest BCUT2D eigenvalue weighted by Crippen LogP contribution is 2.37. The van der Waals surface area contributed by atoms with Gasteiger partial charge < -0.3 is 15.1 Å². The summed E-state index contributed by atoms with van der Waals surface area (Å²) in [6.07, 6.45) is 6.33. The fourth-order valence-corrected chi connectivity index (χ4v) is 5.30. The van der Waals surface area contributed by atoms with Gasteiger partial charge >= 0.3 is 0 Å². The second-order valence-corrected chi connectivity index (χ2v) is 16.5. The normalized spacial score (nSPS) is 13.5. The van der Waals surface area contributed by atoms with Crippen LogP contribution in [0.4, 0.5) is 17.3 Å². The molecule has 190 valence electrons. The van der Waals surface area contributed by atoms with Crippen molar-refractivity contribution in [3.8, 4) is 11.3 Å². The van der Waals surface area contributed by atoms with E-state index in [2.05, 4.69) is 85.7 Å². The minimum absolute atomic E-state index is 0.226. The maximum Gasteiger partial charge on any atom is 0.227 e. The monoisotopic (exact) mass is 519 g/mol. The molecule has 0 amide bonds. The third kappa shape index (κ3) is 5.99. The van der Waals surface area contributed by atoms with Gasteiger partial charge in [0.05, 0.1) is 22.1 Å². The van der Waals surface area contributed by atoms with Gasteiger partial charge in [-0.25, -0.2) is 9.97 Å². The first-order valence-corrected chi connectivity index (χ1v) is 15.9. The summed E-state index contributed by atoms with van der Waals surface area (Å²) >= 11 is 5.54. The Labute approximate surface area is 221 Å². The lowest BCUT2D eigenvalue weighted by Crippen LogP contribution is -2.41. The van der Waals surface area contributed by atoms with Crippen molar-refractivity contribution in [2.45, 2.75) is 72.0 Å². The Hall–Kier alpha value is -2.68. The molecule has 0 aliphatic carbocycles. The van der Waals surface area contributed by atoms with Gasteiger partial charge in [0.2, 0.25) is 5.95 Å². The summed E-state index contributed by atoms with van der Waals surface area (Å²) in [5.41, 5.74) is 8.12. The van der Waals surface area contributed by atoms with Gasteiger partial charge in [0.25, 0.3) is 0 Å². The van der Waals surface area contributed by atoms with E-state index in [0.29, 0.717) is 12.4 Å². The molecule has 1 aliphatic heterocycles. The third-order valence-corrected chi connectivity index (χ3v) is 12.0. The molecular weight excluding hydrogens is 482 g/mol. The van der Waals surface area contributed by atoms with Gasteiger partial charge in [0, 0.05) is 42.2 Å². The summed E-state index contributed by atoms with van der Waals surface area (Å²) in [5, 5.41) is 7.00. The van der Waals surface area contributed by atoms with Crippen molar-refractivity contribution in [1.82, 2.24) is 15.0 Å². The summed E-state index contributed by atoms with van der Waals surface area (Å²) in [5.74, 6) is 0.552. The molecule has 2 N–H and O–H groups in total. The number of aromatic nitrogens is 3. The van der Waals surface area contributed by atoms with Gasteiger partial charge in [-0.15, -0.1) is 0 Å². The first kappa shape index (κ1) is 26.4. The van der Waals surface area contributed by atoms with E-state index in [1.54, 1.807) is 0 Å². The van der Waals surface area contributed by atoms with Crippen molar-refractivity contribution >= 4 is 42.8 Å². The van der Waals surface area contributed by atoms with Gasteiger partial charge in [-0.3, -0.25) is 4.98 Å². The van der Waals surface area contributed by atoms with Gasteiger partial charge in [-0.2, -0.15) is 0 Å². The van der Waals surface area contributed by atoms with Gasteiger partial charge in [-0.05, 0) is 68.1 Å². The molecule has 0 unspecified atom stereocenters. The van der Waals surface area contributed by atoms with E-state index < -0.39 is 8.32 Å². The first-order chi connectivity index (χ1) is 16.9. The lowest BCUT2D eigenvalue weighted by molar-refractivity contribution is 0.282. The topological polar surface area (TPSA) is 72.0 Å². The average Bonchev–Trinajstić information content (AvgIpc) is 2.92. The molecule has 1 aliphatic rings. The molecule has 1 aromatic carbocycles. The molecule has 8 heteroatoms. The number of anilines is 3. The van der Waals surface area contributed by atoms with E-state index >= 15 is 0 Å². The number of hydrogen-bond donors (Lipinski definition) is 2. The maximum absolute atomic E-state index is 6.34. The molecule has 2 aromatic heterocycles. The Morgan fingerprint density at radius 3 is 2.64 bits per heavy atom. The van der Waals surface area contributed by atoms with E-state index in [1.807, 2.05) is 19.3 Å². The molecule has 0 atom stereocenters. The van der Waals surface area contributed by atoms with Gasteiger partial charge in [0.1, 0.15) is 0 Å². The summed E-state index contributed by atoms with van der Waals surface area (Å²) in [7, 11) is -1.72. The zero-order valence-corrected chi connectivity index (χ0v) is 24.3. The third-order valence-electron chi connectivity index (χ3n) is 7.19. The minimum atomic E-state index is -1.72. The van der Waals surface area contributed by atoms with Crippen LogP contribution in [-0.4, -0.2) is 34.9 Å². The van der Waals surface area contributed by atoms with Gasteiger partial charge in [-0.1, -0.05) is 45.1 Å². The van der Waals surface area contributed by atoms with Crippen molar-refractivity contribution in [3.05, 3.63) is 59.0 Å². The second-order valence-electron chi connectivity index (χ2n) is 11.2. The number of pyridine rings is 1. The Morgan fingerprint density at radius 2 is 1.89 bits per heavy atom. The van der Waals surface area contributed by atoms with Crippen LogP contribution in [0, 0.1) is 13.8 Å². The fraction of sp³-hybridized carbons (Fsp3) is 0.429. The molecule has 0 saturated carbocycles. The van der Waals surface area contributed by atoms with Crippen molar-refractivity contribution in [1.29, 1.82) is 0 Å². The van der Waals surface area contributed by atoms with Crippen LogP contribution in [0.1, 0.15) is 49.6 Å². The van der Waals surface area contributed by atoms with Crippen LogP contribution in [0.2, 0.25) is 18.1 Å². The summed E-state index contributed by atoms with van der Waals surface area (Å²) in [6.45, 7) is 16.3. The quantitative estimate of drug-likeness (QED) is 0.195. The fourth-order valence-electron chi connectivity index (χ4n) is 3.95. The van der Waals surface area contributed by atoms with Crippen LogP contribution in [0.3, 0.4) is 0 Å². The number of fused-ring (bicyclic) bond motifs is 3. The van der Waals surface area contributed by atoms with E-state index in [4.69, 9.17) is 21.6 Å². The average molecular weight is 520 g/mol. The second kappa shape index (κ2) is 10.4. The van der Waals surface area contributed by atoms with Crippen LogP contribution in [0.5, 0.6) is 0 Å². The number of thiocarbonyl (C=S) groups is 1. The highest BCUT2D eigenvalue weighted by molar-refractivity contribution is 7.80. The predicted octanol–water partition coefficient (Wildman–Crippen LogP) is 7.15. The summed E-state index contributed by atoms with van der Waals surface area (Å²) in [4.78, 5) is 14.9. The number of aryl methyl sites for hydroxylation is 3. The van der Waals surface area contributed by atoms with Crippen molar-refractivity contribution in [3.63, 3.8) is 0 Å². The smallest absolute Gasteiger partial charge is 0.227 e. The molecule has 0 radical (unpaired) electrons. The van der Waals surface area contributed by atoms with Crippen LogP contribution in [-0.2, 0) is 17.3 Å². The van der Waals surface area contributed by atoms with Crippen molar-refractivity contribution < 1.29 is 4.43 Å².